The van der Waals surface area contributed by atoms with Crippen molar-refractivity contribution < 1.29 is 31.6 Å². The van der Waals surface area contributed by atoms with Gasteiger partial charge < -0.3 is 32.1 Å². The average Bonchev–Trinajstić information content (AvgIpc) is 2.52. The van der Waals surface area contributed by atoms with Gasteiger partial charge in [0.1, 0.15) is 18.1 Å². The molecule has 0 atom stereocenters. The number of halogens is 4. The Morgan fingerprint density at radius 3 is 2.57 bits per heavy atom. The Kier molecular flexibility index (Phi) is 9.36. The molecule has 1 aliphatic heterocycles. The van der Waals surface area contributed by atoms with Crippen LogP contribution in [0.1, 0.15) is 0 Å². The summed E-state index contributed by atoms with van der Waals surface area (Å²) in [6, 6.07) is 3.15. The molecule has 0 saturated carbocycles. The van der Waals surface area contributed by atoms with E-state index in [2.05, 4.69) is 5.32 Å². The summed E-state index contributed by atoms with van der Waals surface area (Å²) in [7, 11) is 0. The van der Waals surface area contributed by atoms with Crippen molar-refractivity contribution in [2.45, 2.75) is 0 Å². The van der Waals surface area contributed by atoms with Crippen molar-refractivity contribution in [3.8, 4) is 5.75 Å². The lowest BCUT2D eigenvalue weighted by Crippen LogP contribution is -3.14. The average molecular weight is 404 g/mol. The summed E-state index contributed by atoms with van der Waals surface area (Å²) in [5.41, 5.74) is 0. The number of nitrogens with one attached hydrogen (secondary N) is 2. The largest absolute Gasteiger partial charge is 1.00 e. The number of carbonyl (C=O) groups is 1. The third kappa shape index (κ3) is 6.53. The Morgan fingerprint density at radius 2 is 1.87 bits per heavy atom. The maximum atomic E-state index is 11.8. The fourth-order valence-corrected chi connectivity index (χ4v) is 2.75. The zero-order valence-corrected chi connectivity index (χ0v) is 15.4. The van der Waals surface area contributed by atoms with Crippen molar-refractivity contribution in [1.29, 1.82) is 0 Å². The molecule has 2 N–H and O–H groups in total. The molecular formula is C14H18Cl4N2O3. The van der Waals surface area contributed by atoms with Gasteiger partial charge in [0.2, 0.25) is 0 Å². The fourth-order valence-electron chi connectivity index (χ4n) is 2.12. The van der Waals surface area contributed by atoms with Gasteiger partial charge in [-0.25, -0.2) is 0 Å². The molecule has 5 nitrogen and oxygen atoms in total. The van der Waals surface area contributed by atoms with Crippen LogP contribution in [-0.4, -0.2) is 51.9 Å². The molecule has 1 saturated heterocycles. The number of ether oxygens (including phenoxy) is 2. The summed E-state index contributed by atoms with van der Waals surface area (Å²) < 4.78 is 10.6. The van der Waals surface area contributed by atoms with Crippen molar-refractivity contribution in [1.82, 2.24) is 5.32 Å². The van der Waals surface area contributed by atoms with Crippen LogP contribution in [0, 0.1) is 0 Å². The lowest BCUT2D eigenvalue weighted by molar-refractivity contribution is -0.906. The molecule has 1 aromatic rings. The number of hydrogen-bond acceptors (Lipinski definition) is 3. The second-order valence-electron chi connectivity index (χ2n) is 4.92. The molecule has 0 bridgehead atoms. The van der Waals surface area contributed by atoms with Crippen LogP contribution >= 0.6 is 34.8 Å². The summed E-state index contributed by atoms with van der Waals surface area (Å²) >= 11 is 17.9. The van der Waals surface area contributed by atoms with Crippen molar-refractivity contribution in [3.05, 3.63) is 27.2 Å². The third-order valence-corrected chi connectivity index (χ3v) is 4.43. The molecule has 130 valence electrons. The minimum absolute atomic E-state index is 0. The minimum Gasteiger partial charge on any atom is -1.00 e. The number of amides is 1. The fraction of sp³-hybridized carbons (Fsp3) is 0.500. The van der Waals surface area contributed by atoms with Crippen LogP contribution in [-0.2, 0) is 9.53 Å². The Labute approximate surface area is 156 Å². The predicted molar refractivity (Wildman–Crippen MR) is 86.4 cm³/mol. The number of rotatable bonds is 6. The second kappa shape index (κ2) is 10.4. The maximum Gasteiger partial charge on any atom is 0.258 e. The van der Waals surface area contributed by atoms with Gasteiger partial charge in [-0.2, -0.15) is 0 Å². The summed E-state index contributed by atoms with van der Waals surface area (Å²) in [4.78, 5) is 13.2. The van der Waals surface area contributed by atoms with E-state index in [1.807, 2.05) is 0 Å². The summed E-state index contributed by atoms with van der Waals surface area (Å²) in [6.45, 7) is 4.80. The van der Waals surface area contributed by atoms with E-state index in [1.54, 1.807) is 12.1 Å². The topological polar surface area (TPSA) is 52.0 Å². The van der Waals surface area contributed by atoms with E-state index in [-0.39, 0.29) is 35.7 Å². The number of morpholine rings is 1. The van der Waals surface area contributed by atoms with Crippen molar-refractivity contribution >= 4 is 40.7 Å². The van der Waals surface area contributed by atoms with E-state index in [4.69, 9.17) is 44.3 Å². The Morgan fingerprint density at radius 1 is 1.22 bits per heavy atom. The van der Waals surface area contributed by atoms with Gasteiger partial charge in [-0.3, -0.25) is 4.79 Å². The van der Waals surface area contributed by atoms with Crippen molar-refractivity contribution in [2.75, 3.05) is 46.0 Å². The van der Waals surface area contributed by atoms with Gasteiger partial charge >= 0.3 is 0 Å². The number of hydrogen-bond donors (Lipinski definition) is 2. The van der Waals surface area contributed by atoms with E-state index in [9.17, 15) is 4.79 Å². The standard InChI is InChI=1S/C14H17Cl3N2O3.ClH/c15-10-1-2-11(16)14(13(10)17)22-9-12(20)18-3-4-19-5-7-21-8-6-19;/h1-2H,3-9H2,(H,18,20);1H. The molecule has 1 fully saturated rings. The first-order valence-corrected chi connectivity index (χ1v) is 8.15. The van der Waals surface area contributed by atoms with Crippen LogP contribution in [0.15, 0.2) is 12.1 Å². The van der Waals surface area contributed by atoms with Crippen LogP contribution in [0.5, 0.6) is 5.75 Å². The Hall–Kier alpha value is -0.430. The van der Waals surface area contributed by atoms with E-state index in [0.29, 0.717) is 16.6 Å². The van der Waals surface area contributed by atoms with E-state index in [1.165, 1.54) is 4.90 Å². The molecule has 1 aliphatic rings. The molecule has 0 unspecified atom stereocenters. The SMILES string of the molecule is O=C(COc1c(Cl)ccc(Cl)c1Cl)NCC[NH+]1CCOCC1.[Cl-]. The first-order valence-electron chi connectivity index (χ1n) is 7.02. The van der Waals surface area contributed by atoms with Gasteiger partial charge in [0, 0.05) is 0 Å². The smallest absolute Gasteiger partial charge is 0.258 e. The molecule has 9 heteroatoms. The zero-order chi connectivity index (χ0) is 15.9. The normalized spacial score (nSPS) is 14.9. The lowest BCUT2D eigenvalue weighted by atomic mass is 10.3. The predicted octanol–water partition coefficient (Wildman–Crippen LogP) is -1.94. The van der Waals surface area contributed by atoms with Crippen LogP contribution in [0.25, 0.3) is 0 Å². The summed E-state index contributed by atoms with van der Waals surface area (Å²) in [5.74, 6) is 0.00422. The van der Waals surface area contributed by atoms with Gasteiger partial charge in [-0.15, -0.1) is 0 Å². The summed E-state index contributed by atoms with van der Waals surface area (Å²) in [5, 5.41) is 3.67. The first-order chi connectivity index (χ1) is 10.6. The molecule has 23 heavy (non-hydrogen) atoms. The number of carbonyl (C=O) groups excluding carboxylic acids is 1. The quantitative estimate of drug-likeness (QED) is 0.543. The highest BCUT2D eigenvalue weighted by atomic mass is 35.5. The molecule has 1 aromatic carbocycles. The van der Waals surface area contributed by atoms with Gasteiger partial charge in [0.15, 0.2) is 12.4 Å². The van der Waals surface area contributed by atoms with Crippen LogP contribution in [0.2, 0.25) is 15.1 Å². The highest BCUT2D eigenvalue weighted by Crippen LogP contribution is 2.37. The van der Waals surface area contributed by atoms with Crippen LogP contribution in [0.4, 0.5) is 0 Å². The molecule has 2 rings (SSSR count). The molecular weight excluding hydrogens is 386 g/mol. The molecule has 1 heterocycles. The highest BCUT2D eigenvalue weighted by molar-refractivity contribution is 6.44. The Bertz CT molecular complexity index is 525. The van der Waals surface area contributed by atoms with Crippen LogP contribution < -0.4 is 27.4 Å². The molecule has 0 aliphatic carbocycles. The maximum absolute atomic E-state index is 11.8. The van der Waals surface area contributed by atoms with E-state index >= 15 is 0 Å². The van der Waals surface area contributed by atoms with Crippen molar-refractivity contribution in [3.63, 3.8) is 0 Å². The number of quaternary nitrogens is 1. The molecule has 1 amide bonds. The molecule has 0 spiro atoms. The van der Waals surface area contributed by atoms with Gasteiger partial charge in [0.05, 0.1) is 36.3 Å². The third-order valence-electron chi connectivity index (χ3n) is 3.35. The molecule has 0 radical (unpaired) electrons. The highest BCUT2D eigenvalue weighted by Gasteiger charge is 2.15. The Balaban J connectivity index is 0.00000264. The van der Waals surface area contributed by atoms with Gasteiger partial charge in [-0.05, 0) is 12.1 Å². The van der Waals surface area contributed by atoms with E-state index < -0.39 is 0 Å². The van der Waals surface area contributed by atoms with E-state index in [0.717, 1.165) is 32.8 Å². The number of benzene rings is 1. The van der Waals surface area contributed by atoms with Crippen LogP contribution in [0.3, 0.4) is 0 Å². The first kappa shape index (κ1) is 20.6. The second-order valence-corrected chi connectivity index (χ2v) is 6.12. The lowest BCUT2D eigenvalue weighted by Gasteiger charge is -2.23. The molecule has 0 aromatic heterocycles. The van der Waals surface area contributed by atoms with Gasteiger partial charge in [0.25, 0.3) is 5.91 Å². The van der Waals surface area contributed by atoms with Gasteiger partial charge in [-0.1, -0.05) is 34.8 Å². The summed E-state index contributed by atoms with van der Waals surface area (Å²) in [6.07, 6.45) is 0. The van der Waals surface area contributed by atoms with Crippen molar-refractivity contribution in [2.24, 2.45) is 0 Å². The monoisotopic (exact) mass is 402 g/mol. The minimum atomic E-state index is -0.222. The zero-order valence-electron chi connectivity index (χ0n) is 12.3.